The predicted octanol–water partition coefficient (Wildman–Crippen LogP) is 4.17. The molecule has 0 radical (unpaired) electrons. The third-order valence-electron chi connectivity index (χ3n) is 6.51. The van der Waals surface area contributed by atoms with Gasteiger partial charge in [0.25, 0.3) is 0 Å². The monoisotopic (exact) mass is 329 g/mol. The number of hydrogen-bond donors (Lipinski definition) is 1. The van der Waals surface area contributed by atoms with Gasteiger partial charge in [0.2, 0.25) is 6.41 Å². The van der Waals surface area contributed by atoms with E-state index in [-0.39, 0.29) is 11.6 Å². The molecule has 1 fully saturated rings. The van der Waals surface area contributed by atoms with Crippen molar-refractivity contribution in [2.45, 2.75) is 64.5 Å². The molecule has 0 saturated heterocycles. The van der Waals surface area contributed by atoms with E-state index in [0.717, 1.165) is 44.3 Å². The second-order valence-corrected chi connectivity index (χ2v) is 8.22. The zero-order chi connectivity index (χ0) is 17.3. The number of nitrogens with one attached hydrogen (secondary N) is 1. The molecule has 24 heavy (non-hydrogen) atoms. The van der Waals surface area contributed by atoms with Crippen LogP contribution in [0.25, 0.3) is 0 Å². The average molecular weight is 329 g/mol. The van der Waals surface area contributed by atoms with Crippen LogP contribution in [-0.2, 0) is 9.53 Å². The van der Waals surface area contributed by atoms with Crippen LogP contribution in [-0.4, -0.2) is 24.7 Å². The molecule has 1 saturated carbocycles. The van der Waals surface area contributed by atoms with Crippen LogP contribution in [0.3, 0.4) is 0 Å². The minimum Gasteiger partial charge on any atom is -0.369 e. The molecule has 2 aliphatic carbocycles. The maximum atomic E-state index is 11.1. The Hall–Kier alpha value is -1.35. The highest BCUT2D eigenvalue weighted by atomic mass is 16.5. The highest BCUT2D eigenvalue weighted by Gasteiger charge is 2.47. The van der Waals surface area contributed by atoms with E-state index in [1.165, 1.54) is 17.6 Å². The minimum atomic E-state index is -0.0730. The van der Waals surface area contributed by atoms with Gasteiger partial charge >= 0.3 is 0 Å². The molecule has 2 unspecified atom stereocenters. The largest absolute Gasteiger partial charge is 0.369 e. The number of carbonyl (C=O) groups excluding carboxylic acids is 1. The van der Waals surface area contributed by atoms with Crippen LogP contribution < -0.4 is 5.32 Å². The van der Waals surface area contributed by atoms with Gasteiger partial charge in [-0.15, -0.1) is 0 Å². The van der Waals surface area contributed by atoms with E-state index in [2.05, 4.69) is 37.9 Å². The summed E-state index contributed by atoms with van der Waals surface area (Å²) in [7, 11) is 0. The van der Waals surface area contributed by atoms with Crippen molar-refractivity contribution >= 4 is 6.41 Å². The molecule has 1 N–H and O–H groups in total. The Morgan fingerprint density at radius 2 is 2.25 bits per heavy atom. The lowest BCUT2D eigenvalue weighted by Crippen LogP contribution is -2.56. The fourth-order valence-corrected chi connectivity index (χ4v) is 5.01. The highest BCUT2D eigenvalue weighted by Crippen LogP contribution is 2.50. The Balaban J connectivity index is 1.84. The van der Waals surface area contributed by atoms with Crippen molar-refractivity contribution in [3.8, 4) is 0 Å². The van der Waals surface area contributed by atoms with Gasteiger partial charge < -0.3 is 10.1 Å². The summed E-state index contributed by atoms with van der Waals surface area (Å²) in [4.78, 5) is 11.1. The van der Waals surface area contributed by atoms with E-state index in [1.807, 2.05) is 6.92 Å². The highest BCUT2D eigenvalue weighted by molar-refractivity contribution is 5.48. The normalized spacial score (nSPS) is 39.3. The molecule has 0 spiro atoms. The molecule has 0 aromatic heterocycles. The van der Waals surface area contributed by atoms with Crippen LogP contribution in [0.15, 0.2) is 35.5 Å². The molecular formula is C21H31NO2. The van der Waals surface area contributed by atoms with E-state index in [0.29, 0.717) is 17.8 Å². The molecular weight excluding hydrogens is 298 g/mol. The zero-order valence-electron chi connectivity index (χ0n) is 15.3. The van der Waals surface area contributed by atoms with Crippen LogP contribution in [0.5, 0.6) is 0 Å². The van der Waals surface area contributed by atoms with Gasteiger partial charge in [0.05, 0.1) is 12.7 Å². The second kappa shape index (κ2) is 6.87. The van der Waals surface area contributed by atoms with Gasteiger partial charge in [-0.2, -0.15) is 0 Å². The Bertz CT molecular complexity index is 576. The molecule has 1 aliphatic heterocycles. The SMILES string of the molecule is C=C(C)C1CC=C([C@@H]2CC[C@@](C)(NC=O)[C@@H]3CCC(C)=CC32)CO1. The van der Waals surface area contributed by atoms with Gasteiger partial charge in [0.15, 0.2) is 0 Å². The second-order valence-electron chi connectivity index (χ2n) is 8.22. The van der Waals surface area contributed by atoms with Gasteiger partial charge in [0, 0.05) is 5.54 Å². The number of hydrogen-bond acceptors (Lipinski definition) is 2. The first-order chi connectivity index (χ1) is 11.4. The molecule has 132 valence electrons. The Kier molecular flexibility index (Phi) is 5.00. The van der Waals surface area contributed by atoms with E-state index in [9.17, 15) is 4.79 Å². The van der Waals surface area contributed by atoms with Crippen LogP contribution >= 0.6 is 0 Å². The number of allylic oxidation sites excluding steroid dienone is 2. The Morgan fingerprint density at radius 1 is 1.46 bits per heavy atom. The number of fused-ring (bicyclic) bond motifs is 1. The fourth-order valence-electron chi connectivity index (χ4n) is 5.01. The first-order valence-corrected chi connectivity index (χ1v) is 9.29. The summed E-state index contributed by atoms with van der Waals surface area (Å²) in [6.45, 7) is 11.3. The number of rotatable bonds is 4. The number of carbonyl (C=O) groups is 1. The minimum absolute atomic E-state index is 0.0730. The van der Waals surface area contributed by atoms with Crippen LogP contribution in [0.4, 0.5) is 0 Å². The van der Waals surface area contributed by atoms with Crippen LogP contribution in [0.2, 0.25) is 0 Å². The smallest absolute Gasteiger partial charge is 0.207 e. The molecule has 0 aromatic rings. The van der Waals surface area contributed by atoms with Crippen molar-refractivity contribution in [2.24, 2.45) is 17.8 Å². The summed E-state index contributed by atoms with van der Waals surface area (Å²) in [6.07, 6.45) is 11.4. The van der Waals surface area contributed by atoms with Crippen molar-refractivity contribution < 1.29 is 9.53 Å². The molecule has 3 nitrogen and oxygen atoms in total. The summed E-state index contributed by atoms with van der Waals surface area (Å²) in [5.74, 6) is 1.59. The summed E-state index contributed by atoms with van der Waals surface area (Å²) < 4.78 is 6.05. The van der Waals surface area contributed by atoms with Gasteiger partial charge in [-0.25, -0.2) is 0 Å². The van der Waals surface area contributed by atoms with Crippen molar-refractivity contribution in [1.29, 1.82) is 0 Å². The third-order valence-corrected chi connectivity index (χ3v) is 6.51. The third kappa shape index (κ3) is 3.23. The molecule has 1 amide bonds. The summed E-state index contributed by atoms with van der Waals surface area (Å²) in [5.41, 5.74) is 3.99. The zero-order valence-corrected chi connectivity index (χ0v) is 15.3. The Labute approximate surface area is 146 Å². The van der Waals surface area contributed by atoms with E-state index in [1.54, 1.807) is 0 Å². The van der Waals surface area contributed by atoms with Crippen molar-refractivity contribution in [1.82, 2.24) is 5.32 Å². The van der Waals surface area contributed by atoms with Crippen molar-refractivity contribution in [3.63, 3.8) is 0 Å². The Morgan fingerprint density at radius 3 is 2.88 bits per heavy atom. The first kappa shape index (κ1) is 17.5. The summed E-state index contributed by atoms with van der Waals surface area (Å²) >= 11 is 0. The van der Waals surface area contributed by atoms with Gasteiger partial charge in [-0.3, -0.25) is 4.79 Å². The molecule has 3 aliphatic rings. The lowest BCUT2D eigenvalue weighted by atomic mass is 9.58. The van der Waals surface area contributed by atoms with Crippen molar-refractivity contribution in [2.75, 3.05) is 6.61 Å². The van der Waals surface area contributed by atoms with E-state index >= 15 is 0 Å². The van der Waals surface area contributed by atoms with E-state index in [4.69, 9.17) is 4.74 Å². The number of amides is 1. The van der Waals surface area contributed by atoms with Gasteiger partial charge in [-0.05, 0) is 76.2 Å². The van der Waals surface area contributed by atoms with Gasteiger partial charge in [-0.1, -0.05) is 29.9 Å². The maximum absolute atomic E-state index is 11.1. The topological polar surface area (TPSA) is 38.3 Å². The summed E-state index contributed by atoms with van der Waals surface area (Å²) in [6, 6.07) is 0. The average Bonchev–Trinajstić information content (AvgIpc) is 2.55. The van der Waals surface area contributed by atoms with Crippen LogP contribution in [0, 0.1) is 17.8 Å². The predicted molar refractivity (Wildman–Crippen MR) is 97.6 cm³/mol. The first-order valence-electron chi connectivity index (χ1n) is 9.29. The fraction of sp³-hybridized carbons (Fsp3) is 0.667. The number of ether oxygens (including phenoxy) is 1. The molecule has 1 heterocycles. The molecule has 3 rings (SSSR count). The molecule has 0 bridgehead atoms. The van der Waals surface area contributed by atoms with Gasteiger partial charge in [0.1, 0.15) is 0 Å². The maximum Gasteiger partial charge on any atom is 0.207 e. The molecule has 5 atom stereocenters. The molecule has 3 heteroatoms. The van der Waals surface area contributed by atoms with Crippen LogP contribution in [0.1, 0.15) is 52.9 Å². The standard InChI is InChI=1S/C21H31NO2/c1-14(2)20-8-6-16(12-24-20)17-9-10-21(4,22-13-23)19-7-5-15(3)11-18(17)19/h6,11,13,17-20H,1,5,7-10,12H2,2-4H3,(H,22,23)/t17-,18?,19+,20?,21+/m0/s1. The van der Waals surface area contributed by atoms with E-state index < -0.39 is 0 Å². The van der Waals surface area contributed by atoms with Crippen molar-refractivity contribution in [3.05, 3.63) is 35.5 Å². The quantitative estimate of drug-likeness (QED) is 0.621. The lowest BCUT2D eigenvalue weighted by Gasteiger charge is -2.51. The lowest BCUT2D eigenvalue weighted by molar-refractivity contribution is -0.112. The summed E-state index contributed by atoms with van der Waals surface area (Å²) in [5, 5.41) is 3.15. The molecule has 0 aromatic carbocycles.